The lowest BCUT2D eigenvalue weighted by atomic mass is 9.84. The summed E-state index contributed by atoms with van der Waals surface area (Å²) in [7, 11) is 0. The van der Waals surface area contributed by atoms with Gasteiger partial charge in [0.05, 0.1) is 11.6 Å². The second-order valence-electron chi connectivity index (χ2n) is 4.41. The lowest BCUT2D eigenvalue weighted by Crippen LogP contribution is -2.34. The topological polar surface area (TPSA) is 32.3 Å². The van der Waals surface area contributed by atoms with E-state index in [0.717, 1.165) is 5.56 Å². The Kier molecular flexibility index (Phi) is 4.71. The third kappa shape index (κ3) is 3.44. The van der Waals surface area contributed by atoms with Gasteiger partial charge in [0.15, 0.2) is 0 Å². The number of rotatable bonds is 5. The molecular formula is C12H17ClFNO. The third-order valence-corrected chi connectivity index (χ3v) is 2.85. The maximum absolute atomic E-state index is 13.0. The molecule has 1 aromatic rings. The van der Waals surface area contributed by atoms with Crippen LogP contribution in [0.4, 0.5) is 4.39 Å². The van der Waals surface area contributed by atoms with Crippen molar-refractivity contribution in [2.45, 2.75) is 19.3 Å². The minimum absolute atomic E-state index is 0.111. The summed E-state index contributed by atoms with van der Waals surface area (Å²) in [6.07, 6.45) is 0. The molecule has 1 rings (SSSR count). The number of hydrogen-bond acceptors (Lipinski definition) is 2. The molecule has 0 heterocycles. The van der Waals surface area contributed by atoms with Crippen LogP contribution in [0.1, 0.15) is 19.4 Å². The zero-order valence-electron chi connectivity index (χ0n) is 9.56. The highest BCUT2D eigenvalue weighted by Crippen LogP contribution is 2.26. The Bertz CT molecular complexity index is 355. The molecule has 90 valence electrons. The molecule has 0 saturated carbocycles. The summed E-state index contributed by atoms with van der Waals surface area (Å²) in [6.45, 7) is 5.45. The normalized spacial score (nSPS) is 11.8. The predicted molar refractivity (Wildman–Crippen MR) is 64.4 cm³/mol. The first-order valence-corrected chi connectivity index (χ1v) is 5.62. The van der Waals surface area contributed by atoms with Crippen molar-refractivity contribution >= 4 is 11.6 Å². The maximum Gasteiger partial charge on any atom is 0.141 e. The number of hydrogen-bond donors (Lipinski definition) is 2. The zero-order chi connectivity index (χ0) is 12.2. The Morgan fingerprint density at radius 3 is 2.69 bits per heavy atom. The van der Waals surface area contributed by atoms with E-state index >= 15 is 0 Å². The van der Waals surface area contributed by atoms with E-state index in [0.29, 0.717) is 13.1 Å². The van der Waals surface area contributed by atoms with Crippen LogP contribution in [0.2, 0.25) is 5.02 Å². The summed E-state index contributed by atoms with van der Waals surface area (Å²) in [4.78, 5) is 0. The van der Waals surface area contributed by atoms with Gasteiger partial charge in [-0.3, -0.25) is 0 Å². The van der Waals surface area contributed by atoms with E-state index in [2.05, 4.69) is 5.32 Å². The van der Waals surface area contributed by atoms with Crippen LogP contribution in [0, 0.1) is 5.82 Å². The molecule has 0 unspecified atom stereocenters. The van der Waals surface area contributed by atoms with Crippen LogP contribution in [0.25, 0.3) is 0 Å². The predicted octanol–water partition coefficient (Wildman–Crippen LogP) is 2.34. The van der Waals surface area contributed by atoms with E-state index in [9.17, 15) is 4.39 Å². The average Bonchev–Trinajstić information content (AvgIpc) is 2.22. The van der Waals surface area contributed by atoms with Crippen LogP contribution in [0.15, 0.2) is 18.2 Å². The van der Waals surface area contributed by atoms with Crippen molar-refractivity contribution < 1.29 is 9.50 Å². The highest BCUT2D eigenvalue weighted by molar-refractivity contribution is 6.30. The molecule has 0 aliphatic heterocycles. The van der Waals surface area contributed by atoms with Crippen molar-refractivity contribution in [3.05, 3.63) is 34.6 Å². The molecule has 0 aliphatic rings. The second-order valence-corrected chi connectivity index (χ2v) is 4.82. The minimum atomic E-state index is -0.399. The first kappa shape index (κ1) is 13.4. The Labute approximate surface area is 100 Å². The van der Waals surface area contributed by atoms with Crippen molar-refractivity contribution in [1.29, 1.82) is 0 Å². The van der Waals surface area contributed by atoms with Crippen molar-refractivity contribution in [3.63, 3.8) is 0 Å². The van der Waals surface area contributed by atoms with Crippen LogP contribution < -0.4 is 5.32 Å². The van der Waals surface area contributed by atoms with Gasteiger partial charge in [0, 0.05) is 18.5 Å². The lowest BCUT2D eigenvalue weighted by molar-refractivity contribution is 0.286. The van der Waals surface area contributed by atoms with Crippen LogP contribution in [-0.4, -0.2) is 24.8 Å². The SMILES string of the molecule is CC(C)(CNCCO)c1ccc(F)c(Cl)c1. The summed E-state index contributed by atoms with van der Waals surface area (Å²) < 4.78 is 13.0. The largest absolute Gasteiger partial charge is 0.395 e. The molecule has 0 saturated heterocycles. The fraction of sp³-hybridized carbons (Fsp3) is 0.500. The molecule has 2 N–H and O–H groups in total. The summed E-state index contributed by atoms with van der Waals surface area (Å²) in [6, 6.07) is 4.77. The highest BCUT2D eigenvalue weighted by atomic mass is 35.5. The molecule has 0 aliphatic carbocycles. The van der Waals surface area contributed by atoms with Gasteiger partial charge in [0.1, 0.15) is 5.82 Å². The summed E-state index contributed by atoms with van der Waals surface area (Å²) >= 11 is 5.75. The Morgan fingerprint density at radius 1 is 1.44 bits per heavy atom. The molecule has 0 bridgehead atoms. The maximum atomic E-state index is 13.0. The van der Waals surface area contributed by atoms with Crippen molar-refractivity contribution in [2.24, 2.45) is 0 Å². The molecule has 0 fully saturated rings. The minimum Gasteiger partial charge on any atom is -0.395 e. The van der Waals surface area contributed by atoms with E-state index in [4.69, 9.17) is 16.7 Å². The summed E-state index contributed by atoms with van der Waals surface area (Å²) in [5.41, 5.74) is 0.830. The first-order valence-electron chi connectivity index (χ1n) is 5.24. The highest BCUT2D eigenvalue weighted by Gasteiger charge is 2.20. The average molecular weight is 246 g/mol. The van der Waals surface area contributed by atoms with Crippen molar-refractivity contribution in [1.82, 2.24) is 5.32 Å². The number of nitrogens with one attached hydrogen (secondary N) is 1. The molecule has 4 heteroatoms. The van der Waals surface area contributed by atoms with E-state index in [1.807, 2.05) is 13.8 Å². The van der Waals surface area contributed by atoms with E-state index in [1.165, 1.54) is 6.07 Å². The first-order chi connectivity index (χ1) is 7.47. The van der Waals surface area contributed by atoms with Gasteiger partial charge in [-0.1, -0.05) is 31.5 Å². The van der Waals surface area contributed by atoms with Crippen LogP contribution in [0.3, 0.4) is 0 Å². The van der Waals surface area contributed by atoms with Crippen molar-refractivity contribution in [3.8, 4) is 0 Å². The van der Waals surface area contributed by atoms with E-state index in [-0.39, 0.29) is 17.0 Å². The molecule has 0 aromatic heterocycles. The third-order valence-electron chi connectivity index (χ3n) is 2.56. The van der Waals surface area contributed by atoms with Gasteiger partial charge in [0.2, 0.25) is 0 Å². The summed E-state index contributed by atoms with van der Waals surface area (Å²) in [5.74, 6) is -0.399. The van der Waals surface area contributed by atoms with Gasteiger partial charge in [-0.25, -0.2) is 4.39 Å². The Balaban J connectivity index is 2.76. The van der Waals surface area contributed by atoms with Gasteiger partial charge < -0.3 is 10.4 Å². The number of halogens is 2. The Hall–Kier alpha value is -0.640. The Morgan fingerprint density at radius 2 is 2.12 bits per heavy atom. The van der Waals surface area contributed by atoms with Gasteiger partial charge in [-0.15, -0.1) is 0 Å². The monoisotopic (exact) mass is 245 g/mol. The van der Waals surface area contributed by atoms with Crippen LogP contribution in [-0.2, 0) is 5.41 Å². The molecule has 16 heavy (non-hydrogen) atoms. The standard InChI is InChI=1S/C12H17ClFNO/c1-12(2,8-15-5-6-16)9-3-4-11(14)10(13)7-9/h3-4,7,15-16H,5-6,8H2,1-2H3. The smallest absolute Gasteiger partial charge is 0.141 e. The van der Waals surface area contributed by atoms with E-state index in [1.54, 1.807) is 12.1 Å². The molecule has 2 nitrogen and oxygen atoms in total. The van der Waals surface area contributed by atoms with Crippen LogP contribution in [0.5, 0.6) is 0 Å². The van der Waals surface area contributed by atoms with Crippen molar-refractivity contribution in [2.75, 3.05) is 19.7 Å². The molecular weight excluding hydrogens is 229 g/mol. The van der Waals surface area contributed by atoms with Gasteiger partial charge in [-0.05, 0) is 17.7 Å². The van der Waals surface area contributed by atoms with E-state index < -0.39 is 5.82 Å². The van der Waals surface area contributed by atoms with Gasteiger partial charge in [-0.2, -0.15) is 0 Å². The fourth-order valence-corrected chi connectivity index (χ4v) is 1.68. The molecule has 0 amide bonds. The van der Waals surface area contributed by atoms with Gasteiger partial charge >= 0.3 is 0 Å². The molecule has 0 atom stereocenters. The molecule has 0 radical (unpaired) electrons. The quantitative estimate of drug-likeness (QED) is 0.781. The molecule has 1 aromatic carbocycles. The number of aliphatic hydroxyl groups is 1. The fourth-order valence-electron chi connectivity index (χ4n) is 1.50. The van der Waals surface area contributed by atoms with Crippen LogP contribution >= 0.6 is 11.6 Å². The number of aliphatic hydroxyl groups excluding tert-OH is 1. The van der Waals surface area contributed by atoms with Gasteiger partial charge in [0.25, 0.3) is 0 Å². The second kappa shape index (κ2) is 5.62. The number of benzene rings is 1. The summed E-state index contributed by atoms with van der Waals surface area (Å²) in [5, 5.41) is 11.9. The zero-order valence-corrected chi connectivity index (χ0v) is 10.3. The lowest BCUT2D eigenvalue weighted by Gasteiger charge is -2.26. The molecule has 0 spiro atoms.